The highest BCUT2D eigenvalue weighted by Gasteiger charge is 2.16. The van der Waals surface area contributed by atoms with Crippen LogP contribution in [0.4, 0.5) is 0 Å². The van der Waals surface area contributed by atoms with Crippen molar-refractivity contribution in [2.75, 3.05) is 0 Å². The van der Waals surface area contributed by atoms with Crippen molar-refractivity contribution in [3.05, 3.63) is 42.6 Å². The van der Waals surface area contributed by atoms with E-state index in [0.29, 0.717) is 5.46 Å². The van der Waals surface area contributed by atoms with Gasteiger partial charge in [-0.25, -0.2) is 0 Å². The Hall–Kier alpha value is -1.65. The average molecular weight is 199 g/mol. The first-order valence-electron chi connectivity index (χ1n) is 4.60. The fraction of sp³-hybridized carbons (Fsp3) is 0. The van der Waals surface area contributed by atoms with Crippen LogP contribution < -0.4 is 5.46 Å². The zero-order chi connectivity index (χ0) is 10.8. The van der Waals surface area contributed by atoms with Gasteiger partial charge in [-0.1, -0.05) is 30.9 Å². The summed E-state index contributed by atoms with van der Waals surface area (Å²) in [7, 11) is -1.52. The van der Waals surface area contributed by atoms with Gasteiger partial charge in [0.1, 0.15) is 0 Å². The van der Waals surface area contributed by atoms with Crippen LogP contribution >= 0.6 is 0 Å². The van der Waals surface area contributed by atoms with Gasteiger partial charge in [0, 0.05) is 17.0 Å². The van der Waals surface area contributed by atoms with Gasteiger partial charge in [0.15, 0.2) is 0 Å². The molecule has 0 aliphatic carbocycles. The molecule has 0 aliphatic heterocycles. The van der Waals surface area contributed by atoms with Gasteiger partial charge in [-0.15, -0.1) is 0 Å². The quantitative estimate of drug-likeness (QED) is 0.694. The molecule has 0 radical (unpaired) electrons. The van der Waals surface area contributed by atoms with Gasteiger partial charge < -0.3 is 10.0 Å². The molecule has 1 aromatic heterocycles. The highest BCUT2D eigenvalue weighted by atomic mass is 16.4. The van der Waals surface area contributed by atoms with Gasteiger partial charge in [0.2, 0.25) is 0 Å². The van der Waals surface area contributed by atoms with E-state index in [1.165, 1.54) is 6.20 Å². The third kappa shape index (κ3) is 1.65. The topological polar surface area (TPSA) is 53.4 Å². The molecule has 1 aromatic carbocycles. The third-order valence-corrected chi connectivity index (χ3v) is 2.33. The van der Waals surface area contributed by atoms with Crippen molar-refractivity contribution in [2.45, 2.75) is 0 Å². The summed E-state index contributed by atoms with van der Waals surface area (Å²) >= 11 is 0. The average Bonchev–Trinajstić information content (AvgIpc) is 2.27. The van der Waals surface area contributed by atoms with E-state index in [1.807, 2.05) is 24.3 Å². The lowest BCUT2D eigenvalue weighted by atomic mass is 9.77. The highest BCUT2D eigenvalue weighted by molar-refractivity contribution is 6.60. The third-order valence-electron chi connectivity index (χ3n) is 2.33. The fourth-order valence-corrected chi connectivity index (χ4v) is 1.61. The van der Waals surface area contributed by atoms with Crippen molar-refractivity contribution < 1.29 is 10.0 Å². The number of fused-ring (bicyclic) bond motifs is 1. The van der Waals surface area contributed by atoms with E-state index < -0.39 is 7.12 Å². The van der Waals surface area contributed by atoms with Crippen molar-refractivity contribution in [3.8, 4) is 0 Å². The lowest BCUT2D eigenvalue weighted by molar-refractivity contribution is 0.425. The molecule has 0 aliphatic rings. The van der Waals surface area contributed by atoms with Crippen LogP contribution in [0.1, 0.15) is 5.56 Å². The zero-order valence-corrected chi connectivity index (χ0v) is 8.09. The first kappa shape index (κ1) is 9.89. The summed E-state index contributed by atoms with van der Waals surface area (Å²) in [6.45, 7) is 3.67. The van der Waals surface area contributed by atoms with E-state index in [4.69, 9.17) is 10.0 Å². The SMILES string of the molecule is C=Cc1c(B(O)O)cnc2ccccc12. The van der Waals surface area contributed by atoms with Crippen molar-refractivity contribution in [3.63, 3.8) is 0 Å². The van der Waals surface area contributed by atoms with Crippen molar-refractivity contribution >= 4 is 29.6 Å². The second kappa shape index (κ2) is 3.84. The number of benzene rings is 1. The first-order valence-corrected chi connectivity index (χ1v) is 4.60. The predicted molar refractivity (Wildman–Crippen MR) is 61.7 cm³/mol. The summed E-state index contributed by atoms with van der Waals surface area (Å²) in [6, 6.07) is 7.52. The Labute approximate surface area is 87.9 Å². The van der Waals surface area contributed by atoms with Gasteiger partial charge >= 0.3 is 7.12 Å². The molecule has 15 heavy (non-hydrogen) atoms. The number of hydrogen-bond acceptors (Lipinski definition) is 3. The molecule has 0 amide bonds. The van der Waals surface area contributed by atoms with Gasteiger partial charge in [-0.05, 0) is 11.6 Å². The molecule has 0 unspecified atom stereocenters. The Kier molecular flexibility index (Phi) is 2.54. The molecule has 2 aromatic rings. The second-order valence-corrected chi connectivity index (χ2v) is 3.22. The predicted octanol–water partition coefficient (Wildman–Crippen LogP) is 0.558. The molecular weight excluding hydrogens is 189 g/mol. The highest BCUT2D eigenvalue weighted by Crippen LogP contribution is 2.15. The van der Waals surface area contributed by atoms with Crippen molar-refractivity contribution in [2.24, 2.45) is 0 Å². The number of aromatic nitrogens is 1. The molecule has 0 saturated heterocycles. The van der Waals surface area contributed by atoms with E-state index >= 15 is 0 Å². The van der Waals surface area contributed by atoms with E-state index in [2.05, 4.69) is 11.6 Å². The molecule has 2 rings (SSSR count). The maximum Gasteiger partial charge on any atom is 0.490 e. The Morgan fingerprint density at radius 3 is 2.67 bits per heavy atom. The molecule has 74 valence electrons. The largest absolute Gasteiger partial charge is 0.490 e. The summed E-state index contributed by atoms with van der Waals surface area (Å²) < 4.78 is 0. The van der Waals surface area contributed by atoms with E-state index in [9.17, 15) is 0 Å². The van der Waals surface area contributed by atoms with E-state index in [0.717, 1.165) is 16.5 Å². The minimum Gasteiger partial charge on any atom is -0.423 e. The van der Waals surface area contributed by atoms with Crippen LogP contribution in [0.15, 0.2) is 37.0 Å². The summed E-state index contributed by atoms with van der Waals surface area (Å²) in [5.74, 6) is 0. The first-order chi connectivity index (χ1) is 7.24. The maximum absolute atomic E-state index is 9.16. The van der Waals surface area contributed by atoms with Crippen LogP contribution in [-0.4, -0.2) is 22.2 Å². The Bertz CT molecular complexity index is 511. The minimum absolute atomic E-state index is 0.378. The van der Waals surface area contributed by atoms with E-state index in [-0.39, 0.29) is 0 Å². The molecule has 0 spiro atoms. The summed E-state index contributed by atoms with van der Waals surface area (Å²) in [6.07, 6.45) is 3.07. The number of nitrogens with zero attached hydrogens (tertiary/aromatic N) is 1. The second-order valence-electron chi connectivity index (χ2n) is 3.22. The molecule has 1 heterocycles. The van der Waals surface area contributed by atoms with E-state index in [1.54, 1.807) is 6.08 Å². The van der Waals surface area contributed by atoms with Crippen molar-refractivity contribution in [1.29, 1.82) is 0 Å². The molecule has 3 nitrogen and oxygen atoms in total. The zero-order valence-electron chi connectivity index (χ0n) is 8.09. The Morgan fingerprint density at radius 2 is 2.00 bits per heavy atom. The van der Waals surface area contributed by atoms with Gasteiger partial charge in [0.25, 0.3) is 0 Å². The minimum atomic E-state index is -1.52. The molecule has 0 atom stereocenters. The van der Waals surface area contributed by atoms with Crippen LogP contribution in [0.2, 0.25) is 0 Å². The summed E-state index contributed by atoms with van der Waals surface area (Å²) in [4.78, 5) is 4.14. The van der Waals surface area contributed by atoms with Crippen LogP contribution in [0, 0.1) is 0 Å². The summed E-state index contributed by atoms with van der Waals surface area (Å²) in [5, 5.41) is 19.2. The number of rotatable bonds is 2. The molecule has 2 N–H and O–H groups in total. The van der Waals surface area contributed by atoms with Gasteiger partial charge in [-0.3, -0.25) is 4.98 Å². The molecule has 4 heteroatoms. The molecule has 0 saturated carbocycles. The molecule has 0 bridgehead atoms. The maximum atomic E-state index is 9.16. The lowest BCUT2D eigenvalue weighted by Crippen LogP contribution is -2.32. The number of hydrogen-bond donors (Lipinski definition) is 2. The van der Waals surface area contributed by atoms with Crippen LogP contribution in [-0.2, 0) is 0 Å². The van der Waals surface area contributed by atoms with Crippen LogP contribution in [0.3, 0.4) is 0 Å². The van der Waals surface area contributed by atoms with Crippen LogP contribution in [0.5, 0.6) is 0 Å². The fourth-order valence-electron chi connectivity index (χ4n) is 1.61. The lowest BCUT2D eigenvalue weighted by Gasteiger charge is -2.07. The monoisotopic (exact) mass is 199 g/mol. The molecular formula is C11H10BNO2. The normalized spacial score (nSPS) is 10.3. The Balaban J connectivity index is 2.81. The standard InChI is InChI=1S/C11H10BNO2/c1-2-8-9-5-3-4-6-11(9)13-7-10(8)12(14)15/h2-7,14-15H,1H2. The smallest absolute Gasteiger partial charge is 0.423 e. The summed E-state index contributed by atoms with van der Waals surface area (Å²) in [5.41, 5.74) is 1.91. The number of para-hydroxylation sites is 1. The molecule has 0 fully saturated rings. The Morgan fingerprint density at radius 1 is 1.27 bits per heavy atom. The van der Waals surface area contributed by atoms with Crippen molar-refractivity contribution in [1.82, 2.24) is 4.98 Å². The number of pyridine rings is 1. The van der Waals surface area contributed by atoms with Crippen LogP contribution in [0.25, 0.3) is 17.0 Å². The van der Waals surface area contributed by atoms with Gasteiger partial charge in [0.05, 0.1) is 5.52 Å². The van der Waals surface area contributed by atoms with Gasteiger partial charge in [-0.2, -0.15) is 0 Å².